The molecule has 7 nitrogen and oxygen atoms in total. The molecule has 3 aromatic rings. The van der Waals surface area contributed by atoms with E-state index in [4.69, 9.17) is 4.74 Å². The first-order chi connectivity index (χ1) is 15.0. The number of ether oxygens (including phenoxy) is 1. The lowest BCUT2D eigenvalue weighted by molar-refractivity contribution is -0.120. The van der Waals surface area contributed by atoms with Crippen LogP contribution >= 0.6 is 7.37 Å². The summed E-state index contributed by atoms with van der Waals surface area (Å²) in [5.41, 5.74) is 1.30. The van der Waals surface area contributed by atoms with Crippen LogP contribution in [0.2, 0.25) is 0 Å². The summed E-state index contributed by atoms with van der Waals surface area (Å²) in [6.07, 6.45) is -0.759. The summed E-state index contributed by atoms with van der Waals surface area (Å²) in [5, 5.41) is 5.16. The third-order valence-electron chi connectivity index (χ3n) is 4.50. The number of hydrogen-bond acceptors (Lipinski definition) is 4. The van der Waals surface area contributed by atoms with E-state index in [1.54, 1.807) is 60.7 Å². The standard InChI is InChI=1S/C23H23N2O5P/c26-21(16-24-23(27)30-17-18-10-4-1-5-11-18)25-22(19-12-6-2-7-13-19)31(28,29)20-14-8-3-9-15-20/h1-15,22H,16-17H2,(H,24,27)(H,25,26)(H,28,29). The second-order valence-corrected chi connectivity index (χ2v) is 9.03. The Morgan fingerprint density at radius 3 is 2.03 bits per heavy atom. The van der Waals surface area contributed by atoms with E-state index in [1.165, 1.54) is 0 Å². The van der Waals surface area contributed by atoms with Crippen LogP contribution in [0.15, 0.2) is 91.0 Å². The monoisotopic (exact) mass is 438 g/mol. The zero-order valence-electron chi connectivity index (χ0n) is 16.7. The Morgan fingerprint density at radius 2 is 1.42 bits per heavy atom. The maximum absolute atomic E-state index is 13.3. The molecule has 0 saturated carbocycles. The molecule has 0 aliphatic heterocycles. The molecule has 160 valence electrons. The smallest absolute Gasteiger partial charge is 0.407 e. The third kappa shape index (κ3) is 6.28. The molecular formula is C23H23N2O5P. The summed E-state index contributed by atoms with van der Waals surface area (Å²) in [6, 6.07) is 25.8. The fourth-order valence-electron chi connectivity index (χ4n) is 2.93. The highest BCUT2D eigenvalue weighted by molar-refractivity contribution is 7.66. The zero-order chi connectivity index (χ0) is 22.1. The predicted molar refractivity (Wildman–Crippen MR) is 118 cm³/mol. The van der Waals surface area contributed by atoms with Crippen molar-refractivity contribution in [2.75, 3.05) is 6.54 Å². The van der Waals surface area contributed by atoms with Crippen LogP contribution in [-0.4, -0.2) is 23.4 Å². The first-order valence-corrected chi connectivity index (χ1v) is 11.4. The van der Waals surface area contributed by atoms with Crippen molar-refractivity contribution in [1.29, 1.82) is 0 Å². The summed E-state index contributed by atoms with van der Waals surface area (Å²) in [5.74, 6) is -1.78. The minimum absolute atomic E-state index is 0.0702. The van der Waals surface area contributed by atoms with Gasteiger partial charge in [-0.3, -0.25) is 9.36 Å². The van der Waals surface area contributed by atoms with Crippen LogP contribution < -0.4 is 15.9 Å². The number of alkyl carbamates (subject to hydrolysis) is 1. The summed E-state index contributed by atoms with van der Waals surface area (Å²) in [7, 11) is -4.01. The van der Waals surface area contributed by atoms with Crippen LogP contribution in [0, 0.1) is 0 Å². The Hall–Kier alpha value is -3.41. The van der Waals surface area contributed by atoms with E-state index in [9.17, 15) is 19.0 Å². The highest BCUT2D eigenvalue weighted by Gasteiger charge is 2.35. The van der Waals surface area contributed by atoms with Crippen LogP contribution in [0.25, 0.3) is 0 Å². The lowest BCUT2D eigenvalue weighted by Gasteiger charge is -2.25. The van der Waals surface area contributed by atoms with Crippen LogP contribution in [0.1, 0.15) is 16.9 Å². The molecular weight excluding hydrogens is 415 g/mol. The van der Waals surface area contributed by atoms with E-state index < -0.39 is 31.7 Å². The molecule has 0 aliphatic rings. The minimum Gasteiger partial charge on any atom is -0.445 e. The van der Waals surface area contributed by atoms with E-state index >= 15 is 0 Å². The molecule has 0 fully saturated rings. The average Bonchev–Trinajstić information content (AvgIpc) is 2.81. The molecule has 0 aromatic heterocycles. The second-order valence-electron chi connectivity index (χ2n) is 6.75. The molecule has 3 aromatic carbocycles. The van der Waals surface area contributed by atoms with E-state index in [0.29, 0.717) is 5.56 Å². The molecule has 0 bridgehead atoms. The molecule has 2 unspecified atom stereocenters. The largest absolute Gasteiger partial charge is 0.445 e. The maximum atomic E-state index is 13.3. The van der Waals surface area contributed by atoms with E-state index in [1.807, 2.05) is 30.3 Å². The normalized spacial score (nSPS) is 13.5. The van der Waals surface area contributed by atoms with Crippen molar-refractivity contribution in [3.05, 3.63) is 102 Å². The first kappa shape index (κ1) is 22.3. The Bertz CT molecular complexity index is 1050. The van der Waals surface area contributed by atoms with Gasteiger partial charge in [0.25, 0.3) is 7.37 Å². The van der Waals surface area contributed by atoms with Gasteiger partial charge in [-0.05, 0) is 23.3 Å². The topological polar surface area (TPSA) is 105 Å². The van der Waals surface area contributed by atoms with Crippen molar-refractivity contribution in [2.45, 2.75) is 12.4 Å². The van der Waals surface area contributed by atoms with E-state index in [0.717, 1.165) is 5.56 Å². The average molecular weight is 438 g/mol. The summed E-state index contributed by atoms with van der Waals surface area (Å²) in [4.78, 5) is 35.2. The predicted octanol–water partition coefficient (Wildman–Crippen LogP) is 3.32. The molecule has 31 heavy (non-hydrogen) atoms. The Labute approximate surface area is 180 Å². The van der Waals surface area contributed by atoms with Crippen LogP contribution in [0.5, 0.6) is 0 Å². The molecule has 8 heteroatoms. The molecule has 2 amide bonds. The molecule has 0 radical (unpaired) electrons. The van der Waals surface area contributed by atoms with Gasteiger partial charge >= 0.3 is 6.09 Å². The van der Waals surface area contributed by atoms with Crippen molar-refractivity contribution in [2.24, 2.45) is 0 Å². The highest BCUT2D eigenvalue weighted by Crippen LogP contribution is 2.52. The molecule has 0 aliphatic carbocycles. The second kappa shape index (κ2) is 10.6. The Balaban J connectivity index is 1.64. The van der Waals surface area contributed by atoms with Gasteiger partial charge in [-0.15, -0.1) is 0 Å². The van der Waals surface area contributed by atoms with Crippen molar-refractivity contribution in [1.82, 2.24) is 10.6 Å². The number of amides is 2. The maximum Gasteiger partial charge on any atom is 0.407 e. The number of rotatable bonds is 8. The van der Waals surface area contributed by atoms with Gasteiger partial charge < -0.3 is 20.3 Å². The van der Waals surface area contributed by atoms with Gasteiger partial charge in [0.15, 0.2) is 0 Å². The Morgan fingerprint density at radius 1 is 0.871 bits per heavy atom. The minimum atomic E-state index is -4.01. The Kier molecular flexibility index (Phi) is 7.60. The van der Waals surface area contributed by atoms with Gasteiger partial charge in [-0.25, -0.2) is 4.79 Å². The van der Waals surface area contributed by atoms with Crippen LogP contribution in [-0.2, 0) is 20.7 Å². The van der Waals surface area contributed by atoms with Crippen molar-refractivity contribution >= 4 is 24.7 Å². The summed E-state index contributed by atoms with van der Waals surface area (Å²) >= 11 is 0. The number of carbonyl (C=O) groups is 2. The van der Waals surface area contributed by atoms with Gasteiger partial charge in [0.05, 0.1) is 0 Å². The van der Waals surface area contributed by atoms with E-state index in [-0.39, 0.29) is 11.9 Å². The fraction of sp³-hybridized carbons (Fsp3) is 0.130. The molecule has 3 rings (SSSR count). The third-order valence-corrected chi connectivity index (χ3v) is 6.66. The highest BCUT2D eigenvalue weighted by atomic mass is 31.2. The summed E-state index contributed by atoms with van der Waals surface area (Å²) < 4.78 is 18.3. The molecule has 0 spiro atoms. The fourth-order valence-corrected chi connectivity index (χ4v) is 4.72. The van der Waals surface area contributed by atoms with Gasteiger partial charge in [-0.1, -0.05) is 78.9 Å². The SMILES string of the molecule is O=C(CNC(=O)OCc1ccccc1)NC(c1ccccc1)P(=O)(O)c1ccccc1. The van der Waals surface area contributed by atoms with Crippen LogP contribution in [0.3, 0.4) is 0 Å². The van der Waals surface area contributed by atoms with Crippen molar-refractivity contribution in [3.8, 4) is 0 Å². The number of hydrogen-bond donors (Lipinski definition) is 3. The van der Waals surface area contributed by atoms with Gasteiger partial charge in [0.1, 0.15) is 18.9 Å². The lowest BCUT2D eigenvalue weighted by atomic mass is 10.2. The molecule has 3 N–H and O–H groups in total. The summed E-state index contributed by atoms with van der Waals surface area (Å²) in [6.45, 7) is -0.327. The van der Waals surface area contributed by atoms with Crippen molar-refractivity contribution in [3.63, 3.8) is 0 Å². The number of nitrogens with one attached hydrogen (secondary N) is 2. The first-order valence-electron chi connectivity index (χ1n) is 9.64. The van der Waals surface area contributed by atoms with Gasteiger partial charge in [0, 0.05) is 5.30 Å². The van der Waals surface area contributed by atoms with Crippen LogP contribution in [0.4, 0.5) is 4.79 Å². The van der Waals surface area contributed by atoms with Crippen molar-refractivity contribution < 1.29 is 23.8 Å². The zero-order valence-corrected chi connectivity index (χ0v) is 17.6. The number of carbonyl (C=O) groups excluding carboxylic acids is 2. The quantitative estimate of drug-likeness (QED) is 0.468. The van der Waals surface area contributed by atoms with Gasteiger partial charge in [-0.2, -0.15) is 0 Å². The molecule has 0 heterocycles. The molecule has 2 atom stereocenters. The molecule has 0 saturated heterocycles. The lowest BCUT2D eigenvalue weighted by Crippen LogP contribution is -2.39. The van der Waals surface area contributed by atoms with Gasteiger partial charge in [0.2, 0.25) is 5.91 Å². The number of benzene rings is 3. The van der Waals surface area contributed by atoms with E-state index in [2.05, 4.69) is 10.6 Å².